The van der Waals surface area contributed by atoms with Crippen LogP contribution in [-0.2, 0) is 16.0 Å². The van der Waals surface area contributed by atoms with Crippen molar-refractivity contribution in [2.24, 2.45) is 0 Å². The minimum atomic E-state index is -0.678. The number of carbonyl (C=O) groups is 3. The number of ketones is 1. The molecular weight excluding hydrogens is 362 g/mol. The molecule has 0 aliphatic heterocycles. The Morgan fingerprint density at radius 3 is 2.39 bits per heavy atom. The van der Waals surface area contributed by atoms with Gasteiger partial charge in [-0.3, -0.25) is 4.79 Å². The number of para-hydroxylation sites is 1. The maximum atomic E-state index is 12.7. The highest BCUT2D eigenvalue weighted by Crippen LogP contribution is 2.14. The molecule has 0 bridgehead atoms. The van der Waals surface area contributed by atoms with Crippen LogP contribution in [0.15, 0.2) is 42.5 Å². The van der Waals surface area contributed by atoms with Crippen molar-refractivity contribution < 1.29 is 23.9 Å². The van der Waals surface area contributed by atoms with E-state index in [1.54, 1.807) is 26.0 Å². The number of aromatic nitrogens is 3. The fourth-order valence-electron chi connectivity index (χ4n) is 2.65. The number of Topliss-reactive ketones (excluding diaryl/α,β-unsaturated/α-hetero) is 1. The minimum absolute atomic E-state index is 0.000887. The SMILES string of the molecule is CCOC(=O)c1cc(C(=O)OCC)n(CC(=O)c2ccc3ccccc3n2)n1. The second-order valence-corrected chi connectivity index (χ2v) is 5.83. The van der Waals surface area contributed by atoms with Crippen molar-refractivity contribution in [2.75, 3.05) is 13.2 Å². The molecule has 8 nitrogen and oxygen atoms in total. The van der Waals surface area contributed by atoms with Gasteiger partial charge in [0, 0.05) is 11.5 Å². The molecule has 2 heterocycles. The van der Waals surface area contributed by atoms with E-state index in [0.29, 0.717) is 5.52 Å². The summed E-state index contributed by atoms with van der Waals surface area (Å²) in [7, 11) is 0. The van der Waals surface area contributed by atoms with E-state index < -0.39 is 11.9 Å². The van der Waals surface area contributed by atoms with Crippen LogP contribution in [-0.4, -0.2) is 45.7 Å². The van der Waals surface area contributed by atoms with E-state index in [0.717, 1.165) is 10.1 Å². The zero-order valence-corrected chi connectivity index (χ0v) is 15.5. The Hall–Kier alpha value is -3.55. The summed E-state index contributed by atoms with van der Waals surface area (Å²) in [6.45, 7) is 3.38. The lowest BCUT2D eigenvalue weighted by Crippen LogP contribution is -2.19. The topological polar surface area (TPSA) is 100 Å². The van der Waals surface area contributed by atoms with E-state index in [2.05, 4.69) is 10.1 Å². The monoisotopic (exact) mass is 381 g/mol. The van der Waals surface area contributed by atoms with Crippen LogP contribution in [0.2, 0.25) is 0 Å². The molecule has 0 fully saturated rings. The number of ether oxygens (including phenoxy) is 2. The fourth-order valence-corrected chi connectivity index (χ4v) is 2.65. The number of esters is 2. The Balaban J connectivity index is 1.91. The first-order chi connectivity index (χ1) is 13.5. The number of hydrogen-bond acceptors (Lipinski definition) is 7. The van der Waals surface area contributed by atoms with E-state index in [9.17, 15) is 14.4 Å². The first-order valence-corrected chi connectivity index (χ1v) is 8.84. The molecule has 144 valence electrons. The Labute approximate surface area is 161 Å². The van der Waals surface area contributed by atoms with Gasteiger partial charge in [0.2, 0.25) is 5.78 Å². The number of pyridine rings is 1. The molecule has 0 N–H and O–H groups in total. The van der Waals surface area contributed by atoms with E-state index in [4.69, 9.17) is 9.47 Å². The molecule has 0 saturated heterocycles. The number of benzene rings is 1. The normalized spacial score (nSPS) is 10.6. The molecule has 0 aliphatic rings. The van der Waals surface area contributed by atoms with Crippen LogP contribution in [0, 0.1) is 0 Å². The molecule has 0 spiro atoms. The van der Waals surface area contributed by atoms with Crippen LogP contribution >= 0.6 is 0 Å². The fraction of sp³-hybridized carbons (Fsp3) is 0.250. The summed E-state index contributed by atoms with van der Waals surface area (Å²) in [5.74, 6) is -1.71. The second kappa shape index (κ2) is 8.43. The highest BCUT2D eigenvalue weighted by molar-refractivity contribution is 5.98. The summed E-state index contributed by atoms with van der Waals surface area (Å²) < 4.78 is 11.0. The van der Waals surface area contributed by atoms with Crippen molar-refractivity contribution in [3.8, 4) is 0 Å². The third-order valence-electron chi connectivity index (χ3n) is 3.93. The quantitative estimate of drug-likeness (QED) is 0.458. The lowest BCUT2D eigenvalue weighted by atomic mass is 10.1. The predicted molar refractivity (Wildman–Crippen MR) is 100 cm³/mol. The molecule has 0 aliphatic carbocycles. The zero-order chi connectivity index (χ0) is 20.1. The van der Waals surface area contributed by atoms with Crippen LogP contribution in [0.1, 0.15) is 45.3 Å². The number of nitrogens with zero attached hydrogens (tertiary/aromatic N) is 3. The highest BCUT2D eigenvalue weighted by atomic mass is 16.5. The van der Waals surface area contributed by atoms with Gasteiger partial charge in [-0.25, -0.2) is 19.3 Å². The highest BCUT2D eigenvalue weighted by Gasteiger charge is 2.23. The van der Waals surface area contributed by atoms with Gasteiger partial charge >= 0.3 is 11.9 Å². The van der Waals surface area contributed by atoms with Gasteiger partial charge in [0.1, 0.15) is 17.9 Å². The van der Waals surface area contributed by atoms with Crippen molar-refractivity contribution in [1.29, 1.82) is 0 Å². The van der Waals surface area contributed by atoms with E-state index >= 15 is 0 Å². The molecule has 8 heteroatoms. The molecule has 3 aromatic rings. The molecule has 0 radical (unpaired) electrons. The van der Waals surface area contributed by atoms with Crippen molar-refractivity contribution in [3.63, 3.8) is 0 Å². The first-order valence-electron chi connectivity index (χ1n) is 8.84. The number of rotatable bonds is 7. The molecule has 0 amide bonds. The minimum Gasteiger partial charge on any atom is -0.461 e. The van der Waals surface area contributed by atoms with Gasteiger partial charge in [-0.1, -0.05) is 24.3 Å². The van der Waals surface area contributed by atoms with Gasteiger partial charge in [0.05, 0.1) is 18.7 Å². The van der Waals surface area contributed by atoms with Crippen molar-refractivity contribution in [1.82, 2.24) is 14.8 Å². The maximum absolute atomic E-state index is 12.7. The van der Waals surface area contributed by atoms with Crippen LogP contribution in [0.5, 0.6) is 0 Å². The largest absolute Gasteiger partial charge is 0.461 e. The average molecular weight is 381 g/mol. The summed E-state index contributed by atoms with van der Waals surface area (Å²) >= 11 is 0. The summed E-state index contributed by atoms with van der Waals surface area (Å²) in [5, 5.41) is 4.96. The zero-order valence-electron chi connectivity index (χ0n) is 15.5. The van der Waals surface area contributed by atoms with E-state index in [-0.39, 0.29) is 42.6 Å². The van der Waals surface area contributed by atoms with Crippen LogP contribution < -0.4 is 0 Å². The lowest BCUT2D eigenvalue weighted by molar-refractivity contribution is 0.0505. The Kier molecular flexibility index (Phi) is 5.78. The second-order valence-electron chi connectivity index (χ2n) is 5.83. The number of carbonyl (C=O) groups excluding carboxylic acids is 3. The van der Waals surface area contributed by atoms with Gasteiger partial charge < -0.3 is 9.47 Å². The third-order valence-corrected chi connectivity index (χ3v) is 3.93. The molecule has 28 heavy (non-hydrogen) atoms. The summed E-state index contributed by atoms with van der Waals surface area (Å²) in [6, 6.07) is 12.1. The van der Waals surface area contributed by atoms with E-state index in [1.807, 2.05) is 24.3 Å². The first kappa shape index (κ1) is 19.2. The molecule has 3 rings (SSSR count). The van der Waals surface area contributed by atoms with Gasteiger partial charge in [-0.15, -0.1) is 0 Å². The van der Waals surface area contributed by atoms with Gasteiger partial charge in [0.15, 0.2) is 5.69 Å². The molecule has 0 saturated carbocycles. The van der Waals surface area contributed by atoms with Crippen LogP contribution in [0.4, 0.5) is 0 Å². The lowest BCUT2D eigenvalue weighted by Gasteiger charge is -2.06. The Morgan fingerprint density at radius 1 is 0.929 bits per heavy atom. The van der Waals surface area contributed by atoms with Gasteiger partial charge in [-0.2, -0.15) is 5.10 Å². The average Bonchev–Trinajstić information content (AvgIpc) is 3.12. The molecule has 2 aromatic heterocycles. The third kappa shape index (κ3) is 4.06. The van der Waals surface area contributed by atoms with Crippen molar-refractivity contribution in [3.05, 3.63) is 59.5 Å². The molecule has 0 unspecified atom stereocenters. The van der Waals surface area contributed by atoms with Gasteiger partial charge in [0.25, 0.3) is 0 Å². The predicted octanol–water partition coefficient (Wildman–Crippen LogP) is 2.67. The molecule has 1 aromatic carbocycles. The smallest absolute Gasteiger partial charge is 0.358 e. The summed E-state index contributed by atoms with van der Waals surface area (Å²) in [4.78, 5) is 41.2. The number of hydrogen-bond donors (Lipinski definition) is 0. The van der Waals surface area contributed by atoms with Crippen LogP contribution in [0.3, 0.4) is 0 Å². The Morgan fingerprint density at radius 2 is 1.64 bits per heavy atom. The van der Waals surface area contributed by atoms with E-state index in [1.165, 1.54) is 6.07 Å². The van der Waals surface area contributed by atoms with Crippen LogP contribution in [0.25, 0.3) is 10.9 Å². The maximum Gasteiger partial charge on any atom is 0.358 e. The summed E-state index contributed by atoms with van der Waals surface area (Å²) in [6.07, 6.45) is 0. The number of fused-ring (bicyclic) bond motifs is 1. The molecular formula is C20H19N3O5. The van der Waals surface area contributed by atoms with Crippen molar-refractivity contribution in [2.45, 2.75) is 20.4 Å². The van der Waals surface area contributed by atoms with Gasteiger partial charge in [-0.05, 0) is 26.0 Å². The van der Waals surface area contributed by atoms with Crippen molar-refractivity contribution >= 4 is 28.6 Å². The standard InChI is InChI=1S/C20H19N3O5/c1-3-27-19(25)16-11-17(20(26)28-4-2)23(22-16)12-18(24)15-10-9-13-7-5-6-8-14(13)21-15/h5-11H,3-4,12H2,1-2H3. The summed E-state index contributed by atoms with van der Waals surface area (Å²) in [5.41, 5.74) is 0.858. The Bertz CT molecular complexity index is 1040. The molecule has 0 atom stereocenters.